The summed E-state index contributed by atoms with van der Waals surface area (Å²) in [5.41, 5.74) is 0. The molecule has 68 valence electrons. The molecule has 0 saturated carbocycles. The van der Waals surface area contributed by atoms with Gasteiger partial charge in [-0.15, -0.1) is 11.6 Å². The Morgan fingerprint density at radius 2 is 1.92 bits per heavy atom. The third-order valence-electron chi connectivity index (χ3n) is 1.40. The molecule has 0 radical (unpaired) electrons. The Morgan fingerprint density at radius 1 is 1.42 bits per heavy atom. The fourth-order valence-electron chi connectivity index (χ4n) is 0.710. The van der Waals surface area contributed by atoms with E-state index in [1.807, 2.05) is 0 Å². The summed E-state index contributed by atoms with van der Waals surface area (Å²) >= 11 is 22.1. The first-order valence-corrected chi connectivity index (χ1v) is 4.46. The number of hydrogen-bond acceptors (Lipinski definition) is 2. The lowest BCUT2D eigenvalue weighted by atomic mass is 10.1. The highest BCUT2D eigenvalue weighted by molar-refractivity contribution is 6.47. The first-order valence-electron chi connectivity index (χ1n) is 2.89. The third kappa shape index (κ3) is 1.54. The van der Waals surface area contributed by atoms with Crippen LogP contribution in [0.3, 0.4) is 0 Å². The molecule has 0 aromatic carbocycles. The summed E-state index contributed by atoms with van der Waals surface area (Å²) in [7, 11) is 0. The van der Waals surface area contributed by atoms with Crippen LogP contribution < -0.4 is 0 Å². The van der Waals surface area contributed by atoms with Crippen LogP contribution in [0.2, 0.25) is 0 Å². The molecule has 0 aromatic heterocycles. The Hall–Kier alpha value is 0.400. The van der Waals surface area contributed by atoms with Crippen molar-refractivity contribution < 1.29 is 10.2 Å². The van der Waals surface area contributed by atoms with E-state index in [9.17, 15) is 5.11 Å². The number of hydrogen-bond donors (Lipinski definition) is 2. The minimum Gasteiger partial charge on any atom is -0.507 e. The topological polar surface area (TPSA) is 40.5 Å². The molecule has 0 bridgehead atoms. The molecular formula is C6H4Cl4O2. The number of alkyl halides is 2. The predicted octanol–water partition coefficient (Wildman–Crippen LogP) is 2.67. The van der Waals surface area contributed by atoms with Crippen LogP contribution in [0, 0.1) is 0 Å². The van der Waals surface area contributed by atoms with Crippen molar-refractivity contribution >= 4 is 46.4 Å². The zero-order chi connectivity index (χ0) is 9.52. The van der Waals surface area contributed by atoms with Crippen LogP contribution in [-0.4, -0.2) is 20.7 Å². The normalized spacial score (nSPS) is 36.8. The molecule has 0 aromatic rings. The second-order valence-electron chi connectivity index (χ2n) is 2.25. The second kappa shape index (κ2) is 3.28. The lowest BCUT2D eigenvalue weighted by molar-refractivity contribution is 0.176. The summed E-state index contributed by atoms with van der Waals surface area (Å²) in [5, 5.41) is 15.1. The smallest absolute Gasteiger partial charge is 0.196 e. The molecule has 6 heteroatoms. The van der Waals surface area contributed by atoms with Crippen LogP contribution in [0.1, 0.15) is 0 Å². The van der Waals surface area contributed by atoms with Gasteiger partial charge in [-0.2, -0.15) is 0 Å². The van der Waals surface area contributed by atoms with Crippen LogP contribution >= 0.6 is 46.4 Å². The van der Waals surface area contributed by atoms with Crippen molar-refractivity contribution in [3.63, 3.8) is 0 Å². The number of rotatable bonds is 0. The lowest BCUT2D eigenvalue weighted by Crippen LogP contribution is -2.35. The van der Waals surface area contributed by atoms with Gasteiger partial charge in [-0.3, -0.25) is 0 Å². The Kier molecular flexibility index (Phi) is 2.86. The van der Waals surface area contributed by atoms with E-state index in [-0.39, 0.29) is 15.8 Å². The molecule has 2 atom stereocenters. The van der Waals surface area contributed by atoms with Crippen molar-refractivity contribution in [2.45, 2.75) is 10.4 Å². The van der Waals surface area contributed by atoms with Gasteiger partial charge in [0.1, 0.15) is 16.2 Å². The summed E-state index contributed by atoms with van der Waals surface area (Å²) in [5.74, 6) is -0.285. The minimum atomic E-state index is -1.94. The van der Waals surface area contributed by atoms with E-state index < -0.39 is 10.4 Å². The van der Waals surface area contributed by atoms with Gasteiger partial charge in [0.15, 0.2) is 5.06 Å². The fourth-order valence-corrected chi connectivity index (χ4v) is 1.62. The summed E-state index contributed by atoms with van der Waals surface area (Å²) in [6.07, 6.45) is 1.11. The van der Waals surface area contributed by atoms with Crippen molar-refractivity contribution in [1.29, 1.82) is 0 Å². The maximum atomic E-state index is 9.40. The van der Waals surface area contributed by atoms with E-state index in [1.165, 1.54) is 0 Å². The Morgan fingerprint density at radius 3 is 2.42 bits per heavy atom. The summed E-state index contributed by atoms with van der Waals surface area (Å²) in [4.78, 5) is 0. The van der Waals surface area contributed by atoms with E-state index in [2.05, 4.69) is 0 Å². The maximum Gasteiger partial charge on any atom is 0.196 e. The standard InChI is InChI=1S/C6H4Cl4O2/c7-3-1-2(11)4(8)5(9)6(3,10)12/h1,3,11-12H. The average molecular weight is 250 g/mol. The fraction of sp³-hybridized carbons (Fsp3) is 0.333. The van der Waals surface area contributed by atoms with Crippen LogP contribution in [-0.2, 0) is 0 Å². The monoisotopic (exact) mass is 248 g/mol. The Balaban J connectivity index is 3.18. The van der Waals surface area contributed by atoms with Gasteiger partial charge < -0.3 is 10.2 Å². The summed E-state index contributed by atoms with van der Waals surface area (Å²) < 4.78 is 0. The van der Waals surface area contributed by atoms with Crippen molar-refractivity contribution in [2.24, 2.45) is 0 Å². The van der Waals surface area contributed by atoms with Crippen molar-refractivity contribution in [1.82, 2.24) is 0 Å². The SMILES string of the molecule is OC1=CC(Cl)C(O)(Cl)C(Cl)=C1Cl. The number of aliphatic hydroxyl groups excluding tert-OH is 1. The van der Waals surface area contributed by atoms with Crippen molar-refractivity contribution in [2.75, 3.05) is 0 Å². The van der Waals surface area contributed by atoms with Crippen LogP contribution in [0.4, 0.5) is 0 Å². The van der Waals surface area contributed by atoms with E-state index in [0.29, 0.717) is 0 Å². The number of aliphatic hydroxyl groups is 2. The van der Waals surface area contributed by atoms with Gasteiger partial charge in [0.25, 0.3) is 0 Å². The number of allylic oxidation sites excluding steroid dienone is 1. The van der Waals surface area contributed by atoms with E-state index in [1.54, 1.807) is 0 Å². The van der Waals surface area contributed by atoms with Gasteiger partial charge in [0, 0.05) is 0 Å². The minimum absolute atomic E-state index is 0.189. The van der Waals surface area contributed by atoms with Gasteiger partial charge in [0.05, 0.1) is 5.03 Å². The Labute approximate surface area is 89.0 Å². The van der Waals surface area contributed by atoms with Crippen molar-refractivity contribution in [3.05, 3.63) is 21.9 Å². The van der Waals surface area contributed by atoms with Gasteiger partial charge in [-0.05, 0) is 6.08 Å². The lowest BCUT2D eigenvalue weighted by Gasteiger charge is -2.27. The first kappa shape index (κ1) is 10.5. The second-order valence-corrected chi connectivity index (χ2v) is 4.06. The van der Waals surface area contributed by atoms with Crippen LogP contribution in [0.5, 0.6) is 0 Å². The largest absolute Gasteiger partial charge is 0.507 e. The van der Waals surface area contributed by atoms with Crippen molar-refractivity contribution in [3.8, 4) is 0 Å². The molecule has 2 nitrogen and oxygen atoms in total. The highest BCUT2D eigenvalue weighted by Crippen LogP contribution is 2.41. The molecule has 12 heavy (non-hydrogen) atoms. The first-order chi connectivity index (χ1) is 5.37. The van der Waals surface area contributed by atoms with Gasteiger partial charge in [-0.1, -0.05) is 34.8 Å². The molecule has 2 N–H and O–H groups in total. The quantitative estimate of drug-likeness (QED) is 0.648. The molecule has 1 aliphatic carbocycles. The molecule has 1 aliphatic rings. The maximum absolute atomic E-state index is 9.40. The van der Waals surface area contributed by atoms with Gasteiger partial charge in [-0.25, -0.2) is 0 Å². The predicted molar refractivity (Wildman–Crippen MR) is 49.9 cm³/mol. The number of halogens is 4. The molecule has 0 amide bonds. The third-order valence-corrected chi connectivity index (χ3v) is 3.43. The summed E-state index contributed by atoms with van der Waals surface area (Å²) in [6, 6.07) is 0. The molecule has 0 heterocycles. The highest BCUT2D eigenvalue weighted by atomic mass is 35.5. The zero-order valence-electron chi connectivity index (χ0n) is 5.56. The van der Waals surface area contributed by atoms with Gasteiger partial charge >= 0.3 is 0 Å². The molecule has 2 unspecified atom stereocenters. The molecule has 0 spiro atoms. The molecule has 0 saturated heterocycles. The highest BCUT2D eigenvalue weighted by Gasteiger charge is 2.41. The van der Waals surface area contributed by atoms with Gasteiger partial charge in [0.2, 0.25) is 0 Å². The van der Waals surface area contributed by atoms with E-state index in [4.69, 9.17) is 51.5 Å². The molecule has 0 aliphatic heterocycles. The Bertz CT molecular complexity index is 269. The van der Waals surface area contributed by atoms with Crippen LogP contribution in [0.25, 0.3) is 0 Å². The zero-order valence-corrected chi connectivity index (χ0v) is 8.58. The average Bonchev–Trinajstić information content (AvgIpc) is 1.99. The van der Waals surface area contributed by atoms with Crippen LogP contribution in [0.15, 0.2) is 21.9 Å². The van der Waals surface area contributed by atoms with E-state index in [0.717, 1.165) is 6.08 Å². The molecular weight excluding hydrogens is 246 g/mol. The summed E-state index contributed by atoms with van der Waals surface area (Å²) in [6.45, 7) is 0. The molecule has 1 rings (SSSR count). The van der Waals surface area contributed by atoms with E-state index >= 15 is 0 Å². The molecule has 0 fully saturated rings.